The fourth-order valence-corrected chi connectivity index (χ4v) is 2.07. The van der Waals surface area contributed by atoms with Crippen LogP contribution >= 0.6 is 0 Å². The Morgan fingerprint density at radius 3 is 2.82 bits per heavy atom. The molecule has 1 aliphatic rings. The van der Waals surface area contributed by atoms with Gasteiger partial charge >= 0.3 is 0 Å². The Kier molecular flexibility index (Phi) is 6.52. The van der Waals surface area contributed by atoms with Crippen LogP contribution in [0.4, 0.5) is 0 Å². The summed E-state index contributed by atoms with van der Waals surface area (Å²) in [6.07, 6.45) is 5.34. The topological polar surface area (TPSA) is 64.4 Å². The van der Waals surface area contributed by atoms with Crippen LogP contribution in [0.1, 0.15) is 46.0 Å². The summed E-state index contributed by atoms with van der Waals surface area (Å²) in [6.45, 7) is 5.48. The van der Waals surface area contributed by atoms with E-state index in [-0.39, 0.29) is 24.0 Å². The SMILES string of the molecule is CC(N)CCCC(C)C(=O)NCC1CCCO1. The van der Waals surface area contributed by atoms with Crippen LogP contribution in [0.3, 0.4) is 0 Å². The highest BCUT2D eigenvalue weighted by atomic mass is 16.5. The van der Waals surface area contributed by atoms with E-state index in [0.29, 0.717) is 6.54 Å². The van der Waals surface area contributed by atoms with Gasteiger partial charge in [-0.05, 0) is 32.6 Å². The predicted octanol–water partition coefficient (Wildman–Crippen LogP) is 1.44. The third kappa shape index (κ3) is 6.03. The minimum Gasteiger partial charge on any atom is -0.376 e. The van der Waals surface area contributed by atoms with Crippen molar-refractivity contribution in [1.29, 1.82) is 0 Å². The highest BCUT2D eigenvalue weighted by molar-refractivity contribution is 5.78. The molecule has 1 aliphatic heterocycles. The maximum Gasteiger partial charge on any atom is 0.222 e. The first-order chi connectivity index (χ1) is 8.09. The Morgan fingerprint density at radius 2 is 2.24 bits per heavy atom. The molecule has 1 rings (SSSR count). The van der Waals surface area contributed by atoms with Gasteiger partial charge in [-0.2, -0.15) is 0 Å². The molecule has 0 saturated carbocycles. The van der Waals surface area contributed by atoms with Crippen LogP contribution in [0, 0.1) is 5.92 Å². The van der Waals surface area contributed by atoms with E-state index in [2.05, 4.69) is 5.32 Å². The van der Waals surface area contributed by atoms with Crippen LogP contribution in [0.15, 0.2) is 0 Å². The van der Waals surface area contributed by atoms with Gasteiger partial charge in [-0.25, -0.2) is 0 Å². The summed E-state index contributed by atoms with van der Waals surface area (Å²) in [5.41, 5.74) is 5.68. The summed E-state index contributed by atoms with van der Waals surface area (Å²) in [4.78, 5) is 11.8. The summed E-state index contributed by atoms with van der Waals surface area (Å²) in [5, 5.41) is 2.97. The molecule has 1 fully saturated rings. The van der Waals surface area contributed by atoms with Crippen molar-refractivity contribution in [3.63, 3.8) is 0 Å². The van der Waals surface area contributed by atoms with E-state index in [1.54, 1.807) is 0 Å². The zero-order valence-corrected chi connectivity index (χ0v) is 11.1. The van der Waals surface area contributed by atoms with Gasteiger partial charge in [-0.3, -0.25) is 4.79 Å². The third-order valence-electron chi connectivity index (χ3n) is 3.27. The number of ether oxygens (including phenoxy) is 1. The minimum atomic E-state index is 0.0788. The molecule has 1 amide bonds. The molecule has 3 N–H and O–H groups in total. The average molecular weight is 242 g/mol. The first-order valence-electron chi connectivity index (χ1n) is 6.74. The van der Waals surface area contributed by atoms with E-state index in [1.165, 1.54) is 0 Å². The zero-order chi connectivity index (χ0) is 12.7. The average Bonchev–Trinajstić information content (AvgIpc) is 2.78. The fourth-order valence-electron chi connectivity index (χ4n) is 2.07. The molecule has 1 saturated heterocycles. The molecule has 4 nitrogen and oxygen atoms in total. The second kappa shape index (κ2) is 7.67. The van der Waals surface area contributed by atoms with Gasteiger partial charge in [-0.15, -0.1) is 0 Å². The number of hydrogen-bond donors (Lipinski definition) is 2. The largest absolute Gasteiger partial charge is 0.376 e. The Hall–Kier alpha value is -0.610. The lowest BCUT2D eigenvalue weighted by Crippen LogP contribution is -2.35. The Balaban J connectivity index is 2.08. The number of carbonyl (C=O) groups is 1. The van der Waals surface area contributed by atoms with E-state index in [1.807, 2.05) is 13.8 Å². The summed E-state index contributed by atoms with van der Waals surface area (Å²) >= 11 is 0. The highest BCUT2D eigenvalue weighted by Gasteiger charge is 2.18. The second-order valence-electron chi connectivity index (χ2n) is 5.19. The summed E-state index contributed by atoms with van der Waals surface area (Å²) in [6, 6.07) is 0.233. The van der Waals surface area contributed by atoms with Crippen LogP contribution in [0.25, 0.3) is 0 Å². The van der Waals surface area contributed by atoms with E-state index in [9.17, 15) is 4.79 Å². The summed E-state index contributed by atoms with van der Waals surface area (Å²) in [7, 11) is 0. The van der Waals surface area contributed by atoms with Crippen molar-refractivity contribution in [2.45, 2.75) is 58.1 Å². The molecule has 0 aliphatic carbocycles. The fraction of sp³-hybridized carbons (Fsp3) is 0.923. The first-order valence-corrected chi connectivity index (χ1v) is 6.74. The lowest BCUT2D eigenvalue weighted by atomic mass is 10.0. The number of hydrogen-bond acceptors (Lipinski definition) is 3. The van der Waals surface area contributed by atoms with Gasteiger partial charge in [0.2, 0.25) is 5.91 Å². The van der Waals surface area contributed by atoms with Gasteiger partial charge in [0, 0.05) is 25.1 Å². The zero-order valence-electron chi connectivity index (χ0n) is 11.1. The first kappa shape index (κ1) is 14.5. The number of nitrogens with one attached hydrogen (secondary N) is 1. The van der Waals surface area contributed by atoms with E-state index in [4.69, 9.17) is 10.5 Å². The molecule has 3 atom stereocenters. The Morgan fingerprint density at radius 1 is 1.47 bits per heavy atom. The molecule has 4 heteroatoms. The third-order valence-corrected chi connectivity index (χ3v) is 3.27. The number of rotatable bonds is 7. The number of nitrogens with two attached hydrogens (primary N) is 1. The molecule has 0 aromatic carbocycles. The molecular formula is C13H26N2O2. The van der Waals surface area contributed by atoms with E-state index >= 15 is 0 Å². The maximum atomic E-state index is 11.8. The lowest BCUT2D eigenvalue weighted by molar-refractivity contribution is -0.125. The molecule has 0 aromatic heterocycles. The predicted molar refractivity (Wildman–Crippen MR) is 68.6 cm³/mol. The van der Waals surface area contributed by atoms with E-state index in [0.717, 1.165) is 38.7 Å². The van der Waals surface area contributed by atoms with Crippen molar-refractivity contribution in [2.24, 2.45) is 11.7 Å². The van der Waals surface area contributed by atoms with Crippen molar-refractivity contribution in [3.05, 3.63) is 0 Å². The van der Waals surface area contributed by atoms with Crippen LogP contribution in [-0.2, 0) is 9.53 Å². The minimum absolute atomic E-state index is 0.0788. The standard InChI is InChI=1S/C13H26N2O2/c1-10(5-3-6-11(2)14)13(16)15-9-12-7-4-8-17-12/h10-12H,3-9,14H2,1-2H3,(H,15,16). The molecule has 0 bridgehead atoms. The number of amides is 1. The Bertz CT molecular complexity index is 225. The molecular weight excluding hydrogens is 216 g/mol. The molecule has 0 radical (unpaired) electrons. The van der Waals surface area contributed by atoms with Gasteiger partial charge in [0.15, 0.2) is 0 Å². The van der Waals surface area contributed by atoms with Gasteiger partial charge in [0.05, 0.1) is 6.10 Å². The van der Waals surface area contributed by atoms with Gasteiger partial charge in [-0.1, -0.05) is 13.3 Å². The normalized spacial score (nSPS) is 23.4. The van der Waals surface area contributed by atoms with Crippen LogP contribution in [0.5, 0.6) is 0 Å². The van der Waals surface area contributed by atoms with Crippen LogP contribution < -0.4 is 11.1 Å². The van der Waals surface area contributed by atoms with Gasteiger partial charge in [0.25, 0.3) is 0 Å². The van der Waals surface area contributed by atoms with Gasteiger partial charge in [0.1, 0.15) is 0 Å². The summed E-state index contributed by atoms with van der Waals surface area (Å²) in [5.74, 6) is 0.223. The molecule has 0 spiro atoms. The quantitative estimate of drug-likeness (QED) is 0.710. The molecule has 3 unspecified atom stereocenters. The van der Waals surface area contributed by atoms with Crippen molar-refractivity contribution in [1.82, 2.24) is 5.32 Å². The van der Waals surface area contributed by atoms with E-state index < -0.39 is 0 Å². The molecule has 17 heavy (non-hydrogen) atoms. The van der Waals surface area contributed by atoms with Crippen molar-refractivity contribution in [2.75, 3.05) is 13.2 Å². The second-order valence-corrected chi connectivity index (χ2v) is 5.19. The Labute approximate surface area is 104 Å². The monoisotopic (exact) mass is 242 g/mol. The number of carbonyl (C=O) groups excluding carboxylic acids is 1. The lowest BCUT2D eigenvalue weighted by Gasteiger charge is -2.15. The van der Waals surface area contributed by atoms with Crippen molar-refractivity contribution in [3.8, 4) is 0 Å². The molecule has 0 aromatic rings. The highest BCUT2D eigenvalue weighted by Crippen LogP contribution is 2.12. The van der Waals surface area contributed by atoms with Crippen molar-refractivity contribution >= 4 is 5.91 Å². The molecule has 1 heterocycles. The van der Waals surface area contributed by atoms with Gasteiger partial charge < -0.3 is 15.8 Å². The smallest absolute Gasteiger partial charge is 0.222 e. The van der Waals surface area contributed by atoms with Crippen LogP contribution in [0.2, 0.25) is 0 Å². The van der Waals surface area contributed by atoms with Crippen molar-refractivity contribution < 1.29 is 9.53 Å². The van der Waals surface area contributed by atoms with Crippen LogP contribution in [-0.4, -0.2) is 31.2 Å². The maximum absolute atomic E-state index is 11.8. The molecule has 100 valence electrons. The summed E-state index contributed by atoms with van der Waals surface area (Å²) < 4.78 is 5.46.